The molecule has 2 heterocycles. The Hall–Kier alpha value is -3.39. The number of carbonyl (C=O) groups excluding carboxylic acids is 2. The standard InChI is InChI=1S/C27H32N4O4/c1-4-27(3)14-23(33)31(26(28)30-27)20-11-15(2)35-22-10-9-17(12-19(20)22)25(34)29-24-18-8-6-5-7-16(18)13-21(24)32/h5-10,12,15,20-21,24,32H,4,11,13-14H2,1-3H3,(H2,28,30)(H,29,34)/t15-,20-,21-,24-,27-/m1/s1. The van der Waals surface area contributed by atoms with E-state index in [0.717, 1.165) is 16.7 Å². The van der Waals surface area contributed by atoms with Gasteiger partial charge in [-0.2, -0.15) is 0 Å². The van der Waals surface area contributed by atoms with Crippen molar-refractivity contribution in [2.45, 2.75) is 76.3 Å². The van der Waals surface area contributed by atoms with E-state index in [9.17, 15) is 14.7 Å². The summed E-state index contributed by atoms with van der Waals surface area (Å²) < 4.78 is 6.03. The number of nitrogens with zero attached hydrogens (tertiary/aromatic N) is 2. The highest BCUT2D eigenvalue weighted by Gasteiger charge is 2.41. The summed E-state index contributed by atoms with van der Waals surface area (Å²) >= 11 is 0. The van der Waals surface area contributed by atoms with Gasteiger partial charge in [0.2, 0.25) is 5.91 Å². The fraction of sp³-hybridized carbons (Fsp3) is 0.444. The zero-order valence-electron chi connectivity index (χ0n) is 20.3. The molecule has 0 spiro atoms. The average molecular weight is 477 g/mol. The van der Waals surface area contributed by atoms with Crippen LogP contribution in [0.5, 0.6) is 5.75 Å². The number of benzene rings is 2. The zero-order valence-corrected chi connectivity index (χ0v) is 20.3. The third-order valence-corrected chi connectivity index (χ3v) is 7.51. The Balaban J connectivity index is 1.45. The number of guanidine groups is 1. The van der Waals surface area contributed by atoms with E-state index in [1.54, 1.807) is 23.1 Å². The van der Waals surface area contributed by atoms with Crippen molar-refractivity contribution in [1.29, 1.82) is 0 Å². The van der Waals surface area contributed by atoms with Crippen LogP contribution in [0.2, 0.25) is 0 Å². The second kappa shape index (κ2) is 8.68. The maximum absolute atomic E-state index is 13.2. The van der Waals surface area contributed by atoms with Crippen LogP contribution in [-0.2, 0) is 11.2 Å². The summed E-state index contributed by atoms with van der Waals surface area (Å²) in [5.41, 5.74) is 8.96. The molecule has 35 heavy (non-hydrogen) atoms. The number of aliphatic hydroxyl groups excluding tert-OH is 1. The predicted octanol–water partition coefficient (Wildman–Crippen LogP) is 3.00. The number of carbonyl (C=O) groups is 2. The third kappa shape index (κ3) is 4.16. The molecule has 0 unspecified atom stereocenters. The zero-order chi connectivity index (χ0) is 24.9. The minimum Gasteiger partial charge on any atom is -0.490 e. The van der Waals surface area contributed by atoms with E-state index in [-0.39, 0.29) is 36.3 Å². The van der Waals surface area contributed by atoms with Gasteiger partial charge in [0.1, 0.15) is 5.75 Å². The fourth-order valence-electron chi connectivity index (χ4n) is 5.43. The molecule has 5 atom stereocenters. The summed E-state index contributed by atoms with van der Waals surface area (Å²) in [5, 5.41) is 13.5. The molecule has 0 aromatic heterocycles. The fourth-order valence-corrected chi connectivity index (χ4v) is 5.43. The lowest BCUT2D eigenvalue weighted by Crippen LogP contribution is -2.53. The van der Waals surface area contributed by atoms with Crippen LogP contribution in [0.1, 0.15) is 79.2 Å². The van der Waals surface area contributed by atoms with Gasteiger partial charge in [0.05, 0.1) is 36.3 Å². The largest absolute Gasteiger partial charge is 0.490 e. The summed E-state index contributed by atoms with van der Waals surface area (Å²) in [6, 6.07) is 12.1. The van der Waals surface area contributed by atoms with Gasteiger partial charge in [0.15, 0.2) is 5.96 Å². The quantitative estimate of drug-likeness (QED) is 0.627. The first-order valence-electron chi connectivity index (χ1n) is 12.2. The summed E-state index contributed by atoms with van der Waals surface area (Å²) in [4.78, 5) is 32.7. The molecule has 0 bridgehead atoms. The van der Waals surface area contributed by atoms with E-state index in [4.69, 9.17) is 10.5 Å². The predicted molar refractivity (Wildman–Crippen MR) is 132 cm³/mol. The molecule has 2 aliphatic heterocycles. The van der Waals surface area contributed by atoms with Gasteiger partial charge in [-0.25, -0.2) is 4.99 Å². The Labute approximate surface area is 205 Å². The maximum Gasteiger partial charge on any atom is 0.251 e. The monoisotopic (exact) mass is 476 g/mol. The topological polar surface area (TPSA) is 117 Å². The molecular formula is C27H32N4O4. The van der Waals surface area contributed by atoms with Crippen LogP contribution in [0.4, 0.5) is 0 Å². The van der Waals surface area contributed by atoms with Crippen LogP contribution in [0, 0.1) is 0 Å². The Morgan fingerprint density at radius 1 is 1.29 bits per heavy atom. The second-order valence-corrected chi connectivity index (χ2v) is 10.1. The average Bonchev–Trinajstić information content (AvgIpc) is 3.13. The Kier molecular flexibility index (Phi) is 5.79. The number of amides is 2. The van der Waals surface area contributed by atoms with Gasteiger partial charge in [-0.3, -0.25) is 14.5 Å². The number of aliphatic imine (C=N–C) groups is 1. The molecular weight excluding hydrogens is 444 g/mol. The van der Waals surface area contributed by atoms with Crippen molar-refractivity contribution in [2.75, 3.05) is 0 Å². The SMILES string of the molecule is CC[C@]1(C)CC(=O)N([C@@H]2C[C@@H](C)Oc3ccc(C(=O)N[C@@H]4c5ccccc5C[C@H]4O)cc32)C(N)=N1. The number of fused-ring (bicyclic) bond motifs is 2. The number of hydrogen-bond donors (Lipinski definition) is 3. The van der Waals surface area contributed by atoms with Crippen molar-refractivity contribution in [3.63, 3.8) is 0 Å². The van der Waals surface area contributed by atoms with Crippen molar-refractivity contribution in [2.24, 2.45) is 10.7 Å². The molecule has 5 rings (SSSR count). The first-order valence-corrected chi connectivity index (χ1v) is 12.2. The van der Waals surface area contributed by atoms with Crippen LogP contribution in [0.3, 0.4) is 0 Å². The molecule has 4 N–H and O–H groups in total. The van der Waals surface area contributed by atoms with Gasteiger partial charge in [0.25, 0.3) is 5.91 Å². The van der Waals surface area contributed by atoms with Gasteiger partial charge in [0, 0.05) is 24.0 Å². The van der Waals surface area contributed by atoms with Crippen LogP contribution < -0.4 is 15.8 Å². The van der Waals surface area contributed by atoms with Crippen LogP contribution in [0.15, 0.2) is 47.5 Å². The lowest BCUT2D eigenvalue weighted by molar-refractivity contribution is -0.132. The van der Waals surface area contributed by atoms with E-state index >= 15 is 0 Å². The molecule has 2 aromatic carbocycles. The van der Waals surface area contributed by atoms with Crippen molar-refractivity contribution >= 4 is 17.8 Å². The van der Waals surface area contributed by atoms with E-state index in [1.807, 2.05) is 45.0 Å². The normalized spacial score (nSPS) is 29.7. The summed E-state index contributed by atoms with van der Waals surface area (Å²) in [6.07, 6.45) is 1.24. The lowest BCUT2D eigenvalue weighted by atomic mass is 9.89. The molecule has 184 valence electrons. The number of ether oxygens (including phenoxy) is 1. The Morgan fingerprint density at radius 2 is 2.06 bits per heavy atom. The summed E-state index contributed by atoms with van der Waals surface area (Å²) in [5.74, 6) is 0.459. The molecule has 3 aliphatic rings. The number of rotatable bonds is 4. The van der Waals surface area contributed by atoms with Gasteiger partial charge in [-0.05, 0) is 49.6 Å². The van der Waals surface area contributed by atoms with E-state index in [2.05, 4.69) is 10.3 Å². The van der Waals surface area contributed by atoms with Crippen LogP contribution >= 0.6 is 0 Å². The maximum atomic E-state index is 13.2. The Morgan fingerprint density at radius 3 is 2.80 bits per heavy atom. The summed E-state index contributed by atoms with van der Waals surface area (Å²) in [6.45, 7) is 5.89. The second-order valence-electron chi connectivity index (χ2n) is 10.1. The Bertz CT molecular complexity index is 1210. The van der Waals surface area contributed by atoms with Crippen molar-refractivity contribution in [3.8, 4) is 5.75 Å². The first-order chi connectivity index (χ1) is 16.7. The molecule has 8 nitrogen and oxygen atoms in total. The number of nitrogens with two attached hydrogens (primary N) is 1. The van der Waals surface area contributed by atoms with Gasteiger partial charge in [-0.15, -0.1) is 0 Å². The minimum atomic E-state index is -0.680. The van der Waals surface area contributed by atoms with Gasteiger partial charge < -0.3 is 20.9 Å². The van der Waals surface area contributed by atoms with E-state index < -0.39 is 17.7 Å². The van der Waals surface area contributed by atoms with E-state index in [1.165, 1.54) is 0 Å². The first kappa shape index (κ1) is 23.4. The van der Waals surface area contributed by atoms with Crippen molar-refractivity contribution in [3.05, 3.63) is 64.7 Å². The number of aliphatic hydroxyl groups is 1. The van der Waals surface area contributed by atoms with Crippen molar-refractivity contribution < 1.29 is 19.4 Å². The highest BCUT2D eigenvalue weighted by molar-refractivity contribution is 6.00. The number of nitrogens with one attached hydrogen (secondary N) is 1. The lowest BCUT2D eigenvalue weighted by Gasteiger charge is -2.42. The number of hydrogen-bond acceptors (Lipinski definition) is 6. The summed E-state index contributed by atoms with van der Waals surface area (Å²) in [7, 11) is 0. The van der Waals surface area contributed by atoms with Crippen LogP contribution in [-0.4, -0.2) is 45.5 Å². The highest BCUT2D eigenvalue weighted by Crippen LogP contribution is 2.41. The van der Waals surface area contributed by atoms with E-state index in [0.29, 0.717) is 30.6 Å². The third-order valence-electron chi connectivity index (χ3n) is 7.51. The molecule has 0 radical (unpaired) electrons. The smallest absolute Gasteiger partial charge is 0.251 e. The van der Waals surface area contributed by atoms with Crippen molar-refractivity contribution in [1.82, 2.24) is 10.2 Å². The molecule has 8 heteroatoms. The molecule has 0 saturated carbocycles. The minimum absolute atomic E-state index is 0.0764. The van der Waals surface area contributed by atoms with Crippen LogP contribution in [0.25, 0.3) is 0 Å². The molecule has 0 saturated heterocycles. The van der Waals surface area contributed by atoms with Gasteiger partial charge in [-0.1, -0.05) is 31.2 Å². The molecule has 2 amide bonds. The highest BCUT2D eigenvalue weighted by atomic mass is 16.5. The van der Waals surface area contributed by atoms with Gasteiger partial charge >= 0.3 is 0 Å². The molecule has 1 aliphatic carbocycles. The molecule has 0 fully saturated rings. The molecule has 2 aromatic rings.